The lowest BCUT2D eigenvalue weighted by Gasteiger charge is -2.29. The summed E-state index contributed by atoms with van der Waals surface area (Å²) in [5.41, 5.74) is 1.19. The van der Waals surface area contributed by atoms with E-state index >= 15 is 0 Å². The van der Waals surface area contributed by atoms with Crippen molar-refractivity contribution >= 4 is 11.8 Å². The molecule has 0 unspecified atom stereocenters. The minimum Gasteiger partial charge on any atom is -0.493 e. The molecule has 0 spiro atoms. The van der Waals surface area contributed by atoms with Gasteiger partial charge in [0.25, 0.3) is 0 Å². The van der Waals surface area contributed by atoms with Crippen molar-refractivity contribution in [3.63, 3.8) is 0 Å². The van der Waals surface area contributed by atoms with Crippen LogP contribution < -0.4 is 14.8 Å². The van der Waals surface area contributed by atoms with Gasteiger partial charge in [-0.05, 0) is 63.1 Å². The van der Waals surface area contributed by atoms with Gasteiger partial charge in [-0.2, -0.15) is 11.8 Å². The van der Waals surface area contributed by atoms with E-state index in [1.54, 1.807) is 7.11 Å². The molecule has 0 bridgehead atoms. The second kappa shape index (κ2) is 12.0. The standard InChI is InChI=1S/C22H37N3O3S/c1-24-7-5-18(6-8-24)14-23-15-19-3-4-21(22(13-19)27-2)28-17-20(26)16-25-9-11-29-12-10-25/h3-4,13,18,20,23,26H,5-12,14-17H2,1-2H3/t20-/m1/s1. The number of rotatable bonds is 10. The molecule has 1 aromatic rings. The molecular formula is C22H37N3O3S. The highest BCUT2D eigenvalue weighted by molar-refractivity contribution is 7.99. The Balaban J connectivity index is 1.41. The van der Waals surface area contributed by atoms with Gasteiger partial charge in [-0.1, -0.05) is 6.07 Å². The van der Waals surface area contributed by atoms with Crippen LogP contribution in [0.25, 0.3) is 0 Å². The highest BCUT2D eigenvalue weighted by Crippen LogP contribution is 2.28. The SMILES string of the molecule is COc1cc(CNCC2CCN(C)CC2)ccc1OC[C@H](O)CN1CCSCC1. The molecule has 0 saturated carbocycles. The highest BCUT2D eigenvalue weighted by atomic mass is 32.2. The Morgan fingerprint density at radius 3 is 2.66 bits per heavy atom. The van der Waals surface area contributed by atoms with Gasteiger partial charge in [-0.3, -0.25) is 4.90 Å². The van der Waals surface area contributed by atoms with E-state index in [9.17, 15) is 5.11 Å². The summed E-state index contributed by atoms with van der Waals surface area (Å²) in [6.45, 7) is 7.35. The molecule has 1 atom stereocenters. The lowest BCUT2D eigenvalue weighted by molar-refractivity contribution is 0.0705. The number of ether oxygens (including phenoxy) is 2. The Bertz CT molecular complexity index is 605. The van der Waals surface area contributed by atoms with Crippen molar-refractivity contribution in [3.8, 4) is 11.5 Å². The van der Waals surface area contributed by atoms with Crippen molar-refractivity contribution in [1.29, 1.82) is 0 Å². The lowest BCUT2D eigenvalue weighted by atomic mass is 9.97. The maximum Gasteiger partial charge on any atom is 0.161 e. The third-order valence-electron chi connectivity index (χ3n) is 5.83. The highest BCUT2D eigenvalue weighted by Gasteiger charge is 2.17. The van der Waals surface area contributed by atoms with Gasteiger partial charge >= 0.3 is 0 Å². The molecule has 2 heterocycles. The van der Waals surface area contributed by atoms with E-state index in [-0.39, 0.29) is 6.61 Å². The van der Waals surface area contributed by atoms with Crippen LogP contribution in [0, 0.1) is 5.92 Å². The van der Waals surface area contributed by atoms with E-state index in [1.165, 1.54) is 31.5 Å². The van der Waals surface area contributed by atoms with Gasteiger partial charge in [0.05, 0.1) is 7.11 Å². The van der Waals surface area contributed by atoms with Gasteiger partial charge < -0.3 is 24.8 Å². The van der Waals surface area contributed by atoms with Crippen LogP contribution in [0.5, 0.6) is 11.5 Å². The zero-order valence-electron chi connectivity index (χ0n) is 17.9. The third-order valence-corrected chi connectivity index (χ3v) is 6.77. The molecule has 2 aliphatic heterocycles. The van der Waals surface area contributed by atoms with E-state index in [4.69, 9.17) is 9.47 Å². The first kappa shape index (κ1) is 22.7. The molecule has 7 heteroatoms. The number of methoxy groups -OCH3 is 1. The molecule has 29 heavy (non-hydrogen) atoms. The summed E-state index contributed by atoms with van der Waals surface area (Å²) in [7, 11) is 3.87. The van der Waals surface area contributed by atoms with Crippen LogP contribution >= 0.6 is 11.8 Å². The molecule has 0 amide bonds. The Kier molecular flexibility index (Phi) is 9.39. The predicted octanol–water partition coefficient (Wildman–Crippen LogP) is 1.92. The fourth-order valence-corrected chi connectivity index (χ4v) is 4.93. The van der Waals surface area contributed by atoms with Gasteiger partial charge in [0.15, 0.2) is 11.5 Å². The van der Waals surface area contributed by atoms with Crippen molar-refractivity contribution < 1.29 is 14.6 Å². The Morgan fingerprint density at radius 2 is 1.93 bits per heavy atom. The lowest BCUT2D eigenvalue weighted by Crippen LogP contribution is -2.40. The molecule has 1 aromatic carbocycles. The van der Waals surface area contributed by atoms with Gasteiger partial charge in [0.2, 0.25) is 0 Å². The fraction of sp³-hybridized carbons (Fsp3) is 0.727. The second-order valence-corrected chi connectivity index (χ2v) is 9.47. The third kappa shape index (κ3) is 7.64. The summed E-state index contributed by atoms with van der Waals surface area (Å²) >= 11 is 1.98. The summed E-state index contributed by atoms with van der Waals surface area (Å²) in [5.74, 6) is 4.49. The average molecular weight is 424 g/mol. The quantitative estimate of drug-likeness (QED) is 0.596. The van der Waals surface area contributed by atoms with E-state index < -0.39 is 6.10 Å². The van der Waals surface area contributed by atoms with Crippen LogP contribution in [0.15, 0.2) is 18.2 Å². The molecule has 2 saturated heterocycles. The maximum atomic E-state index is 10.3. The first-order valence-electron chi connectivity index (χ1n) is 10.8. The number of nitrogens with zero attached hydrogens (tertiary/aromatic N) is 2. The Hall–Kier alpha value is -0.990. The van der Waals surface area contributed by atoms with Crippen molar-refractivity contribution in [1.82, 2.24) is 15.1 Å². The van der Waals surface area contributed by atoms with Crippen LogP contribution in [-0.2, 0) is 6.54 Å². The minimum atomic E-state index is -0.487. The number of aliphatic hydroxyl groups excluding tert-OH is 1. The number of hydrogen-bond donors (Lipinski definition) is 2. The fourth-order valence-electron chi connectivity index (χ4n) is 3.95. The van der Waals surface area contributed by atoms with E-state index in [0.29, 0.717) is 12.3 Å². The van der Waals surface area contributed by atoms with Gasteiger partial charge in [0.1, 0.15) is 12.7 Å². The Labute approximate surface area is 179 Å². The number of aliphatic hydroxyl groups is 1. The number of hydrogen-bond acceptors (Lipinski definition) is 7. The van der Waals surface area contributed by atoms with Crippen molar-refractivity contribution in [2.24, 2.45) is 5.92 Å². The number of likely N-dealkylation sites (tertiary alicyclic amines) is 1. The molecule has 6 nitrogen and oxygen atoms in total. The van der Waals surface area contributed by atoms with Crippen molar-refractivity contribution in [3.05, 3.63) is 23.8 Å². The van der Waals surface area contributed by atoms with Crippen molar-refractivity contribution in [2.45, 2.75) is 25.5 Å². The number of benzene rings is 1. The molecule has 3 rings (SSSR count). The molecule has 0 radical (unpaired) electrons. The van der Waals surface area contributed by atoms with E-state index in [0.717, 1.165) is 49.4 Å². The average Bonchev–Trinajstić information content (AvgIpc) is 2.75. The molecule has 2 fully saturated rings. The Morgan fingerprint density at radius 1 is 1.17 bits per heavy atom. The second-order valence-electron chi connectivity index (χ2n) is 8.24. The largest absolute Gasteiger partial charge is 0.493 e. The zero-order valence-corrected chi connectivity index (χ0v) is 18.8. The van der Waals surface area contributed by atoms with E-state index in [1.807, 2.05) is 23.9 Å². The molecule has 2 N–H and O–H groups in total. The van der Waals surface area contributed by atoms with Crippen molar-refractivity contribution in [2.75, 3.05) is 71.5 Å². The van der Waals surface area contributed by atoms with Crippen LogP contribution in [0.1, 0.15) is 18.4 Å². The monoisotopic (exact) mass is 423 g/mol. The summed E-state index contributed by atoms with van der Waals surface area (Å²) in [4.78, 5) is 4.71. The molecule has 164 valence electrons. The number of nitrogens with one attached hydrogen (secondary N) is 1. The van der Waals surface area contributed by atoms with Gasteiger partial charge in [-0.25, -0.2) is 0 Å². The number of β-amino-alcohol motifs (C(OH)–C–C–N with tert-alkyl or cyclic N) is 1. The molecule has 0 aromatic heterocycles. The summed E-state index contributed by atoms with van der Waals surface area (Å²) < 4.78 is 11.4. The van der Waals surface area contributed by atoms with E-state index in [2.05, 4.69) is 28.2 Å². The summed E-state index contributed by atoms with van der Waals surface area (Å²) in [6, 6.07) is 6.06. The first-order chi connectivity index (χ1) is 14.1. The minimum absolute atomic E-state index is 0.285. The van der Waals surface area contributed by atoms with Crippen LogP contribution in [0.2, 0.25) is 0 Å². The maximum absolute atomic E-state index is 10.3. The van der Waals surface area contributed by atoms with Crippen LogP contribution in [0.3, 0.4) is 0 Å². The summed E-state index contributed by atoms with van der Waals surface area (Å²) in [6.07, 6.45) is 2.06. The van der Waals surface area contributed by atoms with Crippen LogP contribution in [0.4, 0.5) is 0 Å². The zero-order chi connectivity index (χ0) is 20.5. The van der Waals surface area contributed by atoms with Gasteiger partial charge in [0, 0.05) is 37.7 Å². The molecule has 0 aliphatic carbocycles. The number of thioether (sulfide) groups is 1. The molecular weight excluding hydrogens is 386 g/mol. The smallest absolute Gasteiger partial charge is 0.161 e. The predicted molar refractivity (Wildman–Crippen MR) is 120 cm³/mol. The number of piperidine rings is 1. The first-order valence-corrected chi connectivity index (χ1v) is 12.0. The molecule has 2 aliphatic rings. The summed E-state index contributed by atoms with van der Waals surface area (Å²) in [5, 5.41) is 13.9. The van der Waals surface area contributed by atoms with Gasteiger partial charge in [-0.15, -0.1) is 0 Å². The topological polar surface area (TPSA) is 57.2 Å². The van der Waals surface area contributed by atoms with Crippen LogP contribution in [-0.4, -0.2) is 92.5 Å². The normalized spacial score (nSPS) is 20.5.